The predicted molar refractivity (Wildman–Crippen MR) is 87.0 cm³/mol. The lowest BCUT2D eigenvalue weighted by Gasteiger charge is -2.19. The average molecular weight is 355 g/mol. The van der Waals surface area contributed by atoms with Gasteiger partial charge in [0.1, 0.15) is 5.69 Å². The Balaban J connectivity index is 2.15. The van der Waals surface area contributed by atoms with Crippen LogP contribution in [0, 0.1) is 10.1 Å². The van der Waals surface area contributed by atoms with E-state index >= 15 is 0 Å². The summed E-state index contributed by atoms with van der Waals surface area (Å²) in [6, 6.07) is 9.47. The first-order valence-corrected chi connectivity index (χ1v) is 8.18. The Kier molecular flexibility index (Phi) is 5.14. The number of nitrogens with zero attached hydrogens (tertiary/aromatic N) is 2. The number of alkyl halides is 1. The zero-order valence-corrected chi connectivity index (χ0v) is 13.5. The molecule has 0 saturated heterocycles. The van der Waals surface area contributed by atoms with Gasteiger partial charge in [-0.15, -0.1) is 11.3 Å². The Labute approximate surface area is 130 Å². The molecule has 1 aromatic carbocycles. The third-order valence-corrected chi connectivity index (χ3v) is 4.66. The summed E-state index contributed by atoms with van der Waals surface area (Å²) in [6.45, 7) is 0.759. The van der Waals surface area contributed by atoms with Gasteiger partial charge in [0.2, 0.25) is 0 Å². The zero-order chi connectivity index (χ0) is 14.5. The van der Waals surface area contributed by atoms with Crippen molar-refractivity contribution in [1.82, 2.24) is 0 Å². The van der Waals surface area contributed by atoms with Crippen molar-refractivity contribution in [3.8, 4) is 0 Å². The number of thiophene rings is 1. The van der Waals surface area contributed by atoms with Crippen molar-refractivity contribution in [2.75, 3.05) is 18.5 Å². The van der Waals surface area contributed by atoms with Gasteiger partial charge in [-0.05, 0) is 29.5 Å². The van der Waals surface area contributed by atoms with Crippen LogP contribution in [-0.2, 0) is 11.8 Å². The molecule has 0 unspecified atom stereocenters. The van der Waals surface area contributed by atoms with E-state index < -0.39 is 0 Å². The van der Waals surface area contributed by atoms with E-state index in [0.717, 1.165) is 18.5 Å². The molecule has 0 aliphatic rings. The van der Waals surface area contributed by atoms with E-state index in [9.17, 15) is 10.1 Å². The summed E-state index contributed by atoms with van der Waals surface area (Å²) in [4.78, 5) is 14.1. The van der Waals surface area contributed by atoms with E-state index in [1.165, 1.54) is 4.88 Å². The molecule has 0 N–H and O–H groups in total. The highest BCUT2D eigenvalue weighted by Gasteiger charge is 2.17. The molecule has 0 aliphatic heterocycles. The van der Waals surface area contributed by atoms with Gasteiger partial charge >= 0.3 is 0 Å². The number of nitro benzene ring substituents is 1. The second-order valence-corrected chi connectivity index (χ2v) is 6.06. The van der Waals surface area contributed by atoms with Crippen LogP contribution < -0.4 is 4.90 Å². The lowest BCUT2D eigenvalue weighted by molar-refractivity contribution is -0.384. The quantitative estimate of drug-likeness (QED) is 0.443. The number of halogens is 1. The van der Waals surface area contributed by atoms with E-state index in [1.54, 1.807) is 17.4 Å². The number of nitro groups is 1. The van der Waals surface area contributed by atoms with Crippen LogP contribution in [0.4, 0.5) is 11.4 Å². The third kappa shape index (κ3) is 3.58. The Bertz CT molecular complexity index is 587. The maximum absolute atomic E-state index is 11.2. The minimum atomic E-state index is -0.316. The molecule has 0 fully saturated rings. The highest BCUT2D eigenvalue weighted by molar-refractivity contribution is 9.08. The van der Waals surface area contributed by atoms with Gasteiger partial charge in [0.15, 0.2) is 0 Å². The summed E-state index contributed by atoms with van der Waals surface area (Å²) in [6.07, 6.45) is 0.894. The molecule has 6 heteroatoms. The Hall–Kier alpha value is -1.40. The van der Waals surface area contributed by atoms with Crippen LogP contribution >= 0.6 is 27.3 Å². The minimum absolute atomic E-state index is 0.163. The third-order valence-electron chi connectivity index (χ3n) is 3.08. The Morgan fingerprint density at radius 3 is 2.80 bits per heavy atom. The predicted octanol–water partition coefficient (Wildman–Crippen LogP) is 4.23. The number of hydrogen-bond acceptors (Lipinski definition) is 4. The number of hydrogen-bond donors (Lipinski definition) is 0. The average Bonchev–Trinajstić information content (AvgIpc) is 2.97. The summed E-state index contributed by atoms with van der Waals surface area (Å²) >= 11 is 5.03. The van der Waals surface area contributed by atoms with Crippen molar-refractivity contribution in [3.05, 3.63) is 56.3 Å². The topological polar surface area (TPSA) is 46.4 Å². The molecule has 20 heavy (non-hydrogen) atoms. The summed E-state index contributed by atoms with van der Waals surface area (Å²) in [5, 5.41) is 13.9. The van der Waals surface area contributed by atoms with Crippen LogP contribution in [0.5, 0.6) is 0 Å². The number of anilines is 1. The van der Waals surface area contributed by atoms with Crippen molar-refractivity contribution in [3.63, 3.8) is 0 Å². The molecule has 4 nitrogen and oxygen atoms in total. The van der Waals surface area contributed by atoms with Gasteiger partial charge in [-0.3, -0.25) is 10.1 Å². The maximum Gasteiger partial charge on any atom is 0.292 e. The summed E-state index contributed by atoms with van der Waals surface area (Å²) < 4.78 is 0. The molecule has 1 aromatic heterocycles. The van der Waals surface area contributed by atoms with Crippen molar-refractivity contribution in [2.45, 2.75) is 11.8 Å². The molecule has 0 atom stereocenters. The highest BCUT2D eigenvalue weighted by atomic mass is 79.9. The van der Waals surface area contributed by atoms with Crippen LogP contribution in [0.15, 0.2) is 35.7 Å². The standard InChI is InChI=1S/C14H15BrN2O2S/c1-16(7-6-12-3-2-8-20-12)13-5-4-11(10-15)9-14(13)17(18)19/h2-5,8-9H,6-7,10H2,1H3. The molecular weight excluding hydrogens is 340 g/mol. The van der Waals surface area contributed by atoms with Crippen LogP contribution in [0.2, 0.25) is 0 Å². The highest BCUT2D eigenvalue weighted by Crippen LogP contribution is 2.29. The second-order valence-electron chi connectivity index (χ2n) is 4.46. The Morgan fingerprint density at radius 2 is 2.20 bits per heavy atom. The minimum Gasteiger partial charge on any atom is -0.369 e. The van der Waals surface area contributed by atoms with Crippen LogP contribution in [0.3, 0.4) is 0 Å². The molecule has 0 spiro atoms. The summed E-state index contributed by atoms with van der Waals surface area (Å²) in [7, 11) is 1.89. The van der Waals surface area contributed by atoms with Gasteiger partial charge in [-0.25, -0.2) is 0 Å². The molecule has 0 radical (unpaired) electrons. The van der Waals surface area contributed by atoms with Gasteiger partial charge in [-0.1, -0.05) is 28.1 Å². The first-order chi connectivity index (χ1) is 9.61. The fraction of sp³-hybridized carbons (Fsp3) is 0.286. The van der Waals surface area contributed by atoms with Crippen LogP contribution in [0.25, 0.3) is 0 Å². The van der Waals surface area contributed by atoms with Crippen molar-refractivity contribution in [2.24, 2.45) is 0 Å². The van der Waals surface area contributed by atoms with Crippen molar-refractivity contribution < 1.29 is 4.92 Å². The van der Waals surface area contributed by atoms with Gasteiger partial charge in [0.05, 0.1) is 4.92 Å². The van der Waals surface area contributed by atoms with E-state index in [2.05, 4.69) is 22.0 Å². The van der Waals surface area contributed by atoms with Crippen LogP contribution in [-0.4, -0.2) is 18.5 Å². The van der Waals surface area contributed by atoms with E-state index in [4.69, 9.17) is 0 Å². The van der Waals surface area contributed by atoms with Gasteiger partial charge in [-0.2, -0.15) is 0 Å². The first kappa shape index (κ1) is 15.0. The maximum atomic E-state index is 11.2. The molecule has 0 aliphatic carbocycles. The lowest BCUT2D eigenvalue weighted by Crippen LogP contribution is -2.21. The Morgan fingerprint density at radius 1 is 1.40 bits per heavy atom. The molecule has 106 valence electrons. The van der Waals surface area contributed by atoms with E-state index in [-0.39, 0.29) is 10.6 Å². The van der Waals surface area contributed by atoms with Crippen molar-refractivity contribution in [1.29, 1.82) is 0 Å². The summed E-state index contributed by atoms with van der Waals surface area (Å²) in [5.74, 6) is 0. The SMILES string of the molecule is CN(CCc1cccs1)c1ccc(CBr)cc1[N+](=O)[O-]. The van der Waals surface area contributed by atoms with Gasteiger partial charge < -0.3 is 4.90 Å². The number of benzene rings is 1. The first-order valence-electron chi connectivity index (χ1n) is 6.18. The number of rotatable bonds is 6. The normalized spacial score (nSPS) is 10.5. The summed E-state index contributed by atoms with van der Waals surface area (Å²) in [5.41, 5.74) is 1.74. The van der Waals surface area contributed by atoms with E-state index in [1.807, 2.05) is 35.5 Å². The smallest absolute Gasteiger partial charge is 0.292 e. The van der Waals surface area contributed by atoms with Crippen LogP contribution in [0.1, 0.15) is 10.4 Å². The fourth-order valence-electron chi connectivity index (χ4n) is 1.97. The molecular formula is C14H15BrN2O2S. The molecule has 0 bridgehead atoms. The van der Waals surface area contributed by atoms with Crippen molar-refractivity contribution >= 4 is 38.6 Å². The second kappa shape index (κ2) is 6.85. The molecule has 1 heterocycles. The molecule has 0 amide bonds. The van der Waals surface area contributed by atoms with Gasteiger partial charge in [0, 0.05) is 29.9 Å². The largest absolute Gasteiger partial charge is 0.369 e. The lowest BCUT2D eigenvalue weighted by atomic mass is 10.1. The fourth-order valence-corrected chi connectivity index (χ4v) is 3.02. The zero-order valence-electron chi connectivity index (χ0n) is 11.1. The van der Waals surface area contributed by atoms with E-state index in [0.29, 0.717) is 11.0 Å². The molecule has 0 saturated carbocycles. The molecule has 2 rings (SSSR count). The monoisotopic (exact) mass is 354 g/mol. The number of likely N-dealkylation sites (N-methyl/N-ethyl adjacent to an activating group) is 1. The van der Waals surface area contributed by atoms with Gasteiger partial charge in [0.25, 0.3) is 5.69 Å². The molecule has 2 aromatic rings.